The highest BCUT2D eigenvalue weighted by Crippen LogP contribution is 2.08. The minimum absolute atomic E-state index is 0.166. The lowest BCUT2D eigenvalue weighted by molar-refractivity contribution is 0.0195. The van der Waals surface area contributed by atoms with Crippen LogP contribution in [-0.4, -0.2) is 17.2 Å². The van der Waals surface area contributed by atoms with Crippen molar-refractivity contribution in [3.63, 3.8) is 0 Å². The molecule has 0 aliphatic carbocycles. The fraction of sp³-hybridized carbons (Fsp3) is 0.500. The lowest BCUT2D eigenvalue weighted by Crippen LogP contribution is -2.16. The van der Waals surface area contributed by atoms with E-state index in [1.54, 1.807) is 12.3 Å². The van der Waals surface area contributed by atoms with E-state index in [-0.39, 0.29) is 12.2 Å². The number of rotatable bonds is 4. The van der Waals surface area contributed by atoms with Gasteiger partial charge >= 0.3 is 0 Å². The van der Waals surface area contributed by atoms with Gasteiger partial charge < -0.3 is 4.74 Å². The molecular formula is C12H16N2O. The zero-order valence-corrected chi connectivity index (χ0v) is 9.40. The van der Waals surface area contributed by atoms with E-state index in [4.69, 9.17) is 10.00 Å². The molecule has 0 saturated heterocycles. The van der Waals surface area contributed by atoms with E-state index in [9.17, 15) is 0 Å². The highest BCUT2D eigenvalue weighted by molar-refractivity contribution is 5.25. The van der Waals surface area contributed by atoms with Crippen LogP contribution in [0.1, 0.15) is 32.0 Å². The second-order valence-electron chi connectivity index (χ2n) is 3.86. The zero-order chi connectivity index (χ0) is 11.3. The van der Waals surface area contributed by atoms with E-state index in [1.165, 1.54) is 0 Å². The van der Waals surface area contributed by atoms with Crippen LogP contribution < -0.4 is 0 Å². The molecule has 3 nitrogen and oxygen atoms in total. The van der Waals surface area contributed by atoms with Gasteiger partial charge in [0.2, 0.25) is 0 Å². The highest BCUT2D eigenvalue weighted by Gasteiger charge is 2.06. The molecule has 1 aromatic rings. The monoisotopic (exact) mass is 204 g/mol. The largest absolute Gasteiger partial charge is 0.376 e. The number of hydrogen-bond donors (Lipinski definition) is 0. The molecule has 1 heterocycles. The van der Waals surface area contributed by atoms with E-state index in [1.807, 2.05) is 32.9 Å². The molecule has 15 heavy (non-hydrogen) atoms. The van der Waals surface area contributed by atoms with Crippen LogP contribution >= 0.6 is 0 Å². The van der Waals surface area contributed by atoms with E-state index in [2.05, 4.69) is 4.98 Å². The molecule has 1 atom stereocenters. The van der Waals surface area contributed by atoms with Crippen molar-refractivity contribution in [3.05, 3.63) is 29.6 Å². The standard InChI is InChI=1S/C12H16N2O/c1-9(2)15-10(3)6-11-4-5-14-12(7-11)8-13/h4-5,7,9-10H,6H2,1-3H3. The Balaban J connectivity index is 2.60. The second-order valence-corrected chi connectivity index (χ2v) is 3.86. The summed E-state index contributed by atoms with van der Waals surface area (Å²) in [6.45, 7) is 6.07. The molecule has 1 unspecified atom stereocenters. The molecule has 0 saturated carbocycles. The number of nitriles is 1. The lowest BCUT2D eigenvalue weighted by Gasteiger charge is -2.15. The summed E-state index contributed by atoms with van der Waals surface area (Å²) < 4.78 is 5.62. The third-order valence-corrected chi connectivity index (χ3v) is 1.97. The second kappa shape index (κ2) is 5.47. The molecule has 0 spiro atoms. The minimum Gasteiger partial charge on any atom is -0.376 e. The average Bonchev–Trinajstić information content (AvgIpc) is 2.16. The molecule has 0 fully saturated rings. The van der Waals surface area contributed by atoms with Gasteiger partial charge in [-0.15, -0.1) is 0 Å². The predicted molar refractivity (Wildman–Crippen MR) is 58.3 cm³/mol. The van der Waals surface area contributed by atoms with Crippen molar-refractivity contribution < 1.29 is 4.74 Å². The Morgan fingerprint density at radius 3 is 2.80 bits per heavy atom. The van der Waals surface area contributed by atoms with Gasteiger partial charge in [0.15, 0.2) is 0 Å². The summed E-state index contributed by atoms with van der Waals surface area (Å²) in [7, 11) is 0. The number of ether oxygens (including phenoxy) is 1. The van der Waals surface area contributed by atoms with Crippen LogP contribution in [0.3, 0.4) is 0 Å². The first-order valence-electron chi connectivity index (χ1n) is 5.12. The van der Waals surface area contributed by atoms with Gasteiger partial charge in [-0.2, -0.15) is 5.26 Å². The zero-order valence-electron chi connectivity index (χ0n) is 9.40. The van der Waals surface area contributed by atoms with E-state index < -0.39 is 0 Å². The summed E-state index contributed by atoms with van der Waals surface area (Å²) in [4.78, 5) is 3.92. The molecule has 1 rings (SSSR count). The van der Waals surface area contributed by atoms with Crippen LogP contribution in [-0.2, 0) is 11.2 Å². The number of nitrogens with zero attached hydrogens (tertiary/aromatic N) is 2. The first-order valence-corrected chi connectivity index (χ1v) is 5.12. The third kappa shape index (κ3) is 4.09. The minimum atomic E-state index is 0.166. The van der Waals surface area contributed by atoms with Crippen molar-refractivity contribution in [1.29, 1.82) is 5.26 Å². The highest BCUT2D eigenvalue weighted by atomic mass is 16.5. The van der Waals surface area contributed by atoms with Crippen molar-refractivity contribution in [2.75, 3.05) is 0 Å². The van der Waals surface area contributed by atoms with Gasteiger partial charge in [0.1, 0.15) is 11.8 Å². The first-order chi connectivity index (χ1) is 7.11. The lowest BCUT2D eigenvalue weighted by atomic mass is 10.1. The fourth-order valence-electron chi connectivity index (χ4n) is 1.51. The maximum atomic E-state index is 8.70. The third-order valence-electron chi connectivity index (χ3n) is 1.97. The molecule has 0 radical (unpaired) electrons. The van der Waals surface area contributed by atoms with Crippen LogP contribution in [0.5, 0.6) is 0 Å². The number of aromatic nitrogens is 1. The summed E-state index contributed by atoms with van der Waals surface area (Å²) in [6.07, 6.45) is 2.88. The topological polar surface area (TPSA) is 45.9 Å². The average molecular weight is 204 g/mol. The van der Waals surface area contributed by atoms with Gasteiger partial charge in [0.05, 0.1) is 12.2 Å². The Morgan fingerprint density at radius 2 is 2.20 bits per heavy atom. The fourth-order valence-corrected chi connectivity index (χ4v) is 1.51. The summed E-state index contributed by atoms with van der Waals surface area (Å²) >= 11 is 0. The van der Waals surface area contributed by atoms with Gasteiger partial charge in [-0.25, -0.2) is 4.98 Å². The Morgan fingerprint density at radius 1 is 1.47 bits per heavy atom. The maximum Gasteiger partial charge on any atom is 0.140 e. The molecule has 0 aliphatic heterocycles. The van der Waals surface area contributed by atoms with E-state index in [0.717, 1.165) is 12.0 Å². The molecule has 0 aromatic carbocycles. The van der Waals surface area contributed by atoms with Crippen LogP contribution in [0, 0.1) is 11.3 Å². The summed E-state index contributed by atoms with van der Waals surface area (Å²) in [6, 6.07) is 5.75. The molecule has 1 aromatic heterocycles. The molecular weight excluding hydrogens is 188 g/mol. The van der Waals surface area contributed by atoms with Gasteiger partial charge in [0.25, 0.3) is 0 Å². The normalized spacial score (nSPS) is 12.5. The van der Waals surface area contributed by atoms with Crippen LogP contribution in [0.15, 0.2) is 18.3 Å². The number of hydrogen-bond acceptors (Lipinski definition) is 3. The van der Waals surface area contributed by atoms with Crippen molar-refractivity contribution in [1.82, 2.24) is 4.98 Å². The van der Waals surface area contributed by atoms with Crippen molar-refractivity contribution >= 4 is 0 Å². The van der Waals surface area contributed by atoms with Gasteiger partial charge in [-0.05, 0) is 44.9 Å². The summed E-state index contributed by atoms with van der Waals surface area (Å²) in [5, 5.41) is 8.70. The van der Waals surface area contributed by atoms with E-state index >= 15 is 0 Å². The van der Waals surface area contributed by atoms with Crippen LogP contribution in [0.4, 0.5) is 0 Å². The van der Waals surface area contributed by atoms with Crippen molar-refractivity contribution in [2.45, 2.75) is 39.4 Å². The van der Waals surface area contributed by atoms with Crippen LogP contribution in [0.25, 0.3) is 0 Å². The smallest absolute Gasteiger partial charge is 0.140 e. The molecule has 80 valence electrons. The molecule has 0 amide bonds. The van der Waals surface area contributed by atoms with Gasteiger partial charge in [0, 0.05) is 6.20 Å². The first kappa shape index (κ1) is 11.7. The molecule has 0 N–H and O–H groups in total. The summed E-state index contributed by atoms with van der Waals surface area (Å²) in [5.74, 6) is 0. The number of pyridine rings is 1. The molecule has 0 bridgehead atoms. The summed E-state index contributed by atoms with van der Waals surface area (Å²) in [5.41, 5.74) is 1.55. The molecule has 0 aliphatic rings. The SMILES string of the molecule is CC(C)OC(C)Cc1ccnc(C#N)c1. The Kier molecular flexibility index (Phi) is 4.26. The van der Waals surface area contributed by atoms with E-state index in [0.29, 0.717) is 5.69 Å². The maximum absolute atomic E-state index is 8.70. The Hall–Kier alpha value is -1.40. The van der Waals surface area contributed by atoms with Crippen molar-refractivity contribution in [3.8, 4) is 6.07 Å². The van der Waals surface area contributed by atoms with Crippen molar-refractivity contribution in [2.24, 2.45) is 0 Å². The van der Waals surface area contributed by atoms with Gasteiger partial charge in [-0.1, -0.05) is 0 Å². The predicted octanol–water partition coefficient (Wildman–Crippen LogP) is 2.31. The van der Waals surface area contributed by atoms with Gasteiger partial charge in [-0.3, -0.25) is 0 Å². The molecule has 3 heteroatoms. The Labute approximate surface area is 90.7 Å². The quantitative estimate of drug-likeness (QED) is 0.756. The Bertz CT molecular complexity index is 355. The van der Waals surface area contributed by atoms with Crippen LogP contribution in [0.2, 0.25) is 0 Å².